The topological polar surface area (TPSA) is 71.3 Å². The number of hydrogen-bond acceptors (Lipinski definition) is 4. The zero-order valence-electron chi connectivity index (χ0n) is 17.5. The number of carbonyl (C=O) groups excluding carboxylic acids is 1. The van der Waals surface area contributed by atoms with Crippen molar-refractivity contribution in [1.82, 2.24) is 0 Å². The number of ether oxygens (including phenoxy) is 2. The molecule has 0 unspecified atom stereocenters. The molecule has 0 fully saturated rings. The Balaban J connectivity index is 1.83. The summed E-state index contributed by atoms with van der Waals surface area (Å²) in [7, 11) is 1.56. The van der Waals surface area contributed by atoms with Crippen LogP contribution in [0.2, 0.25) is 0 Å². The smallest absolute Gasteiger partial charge is 0.266 e. The molecule has 0 bridgehead atoms. The Bertz CT molecular complexity index is 1220. The second-order valence-corrected chi connectivity index (χ2v) is 9.29. The van der Waals surface area contributed by atoms with Gasteiger partial charge in [-0.3, -0.25) is 4.79 Å². The molecule has 162 valence electrons. The highest BCUT2D eigenvalue weighted by molar-refractivity contribution is 14.1. The van der Waals surface area contributed by atoms with Crippen LogP contribution in [0.15, 0.2) is 66.2 Å². The van der Waals surface area contributed by atoms with Gasteiger partial charge in [0.25, 0.3) is 5.91 Å². The summed E-state index contributed by atoms with van der Waals surface area (Å²) in [5, 5.41) is 12.3. The summed E-state index contributed by atoms with van der Waals surface area (Å²) in [6.07, 6.45) is 1.54. The molecule has 0 spiro atoms. The molecule has 0 aliphatic carbocycles. The first-order valence-corrected chi connectivity index (χ1v) is 11.8. The molecule has 0 saturated carbocycles. The van der Waals surface area contributed by atoms with Crippen molar-refractivity contribution in [3.63, 3.8) is 0 Å². The van der Waals surface area contributed by atoms with Gasteiger partial charge in [-0.25, -0.2) is 0 Å². The number of rotatable bonds is 7. The van der Waals surface area contributed by atoms with Crippen molar-refractivity contribution in [2.24, 2.45) is 0 Å². The normalized spacial score (nSPS) is 10.9. The molecule has 3 aromatic carbocycles. The second kappa shape index (κ2) is 11.3. The van der Waals surface area contributed by atoms with E-state index in [9.17, 15) is 10.1 Å². The lowest BCUT2D eigenvalue weighted by Gasteiger charge is -2.15. The van der Waals surface area contributed by atoms with Crippen molar-refractivity contribution in [1.29, 1.82) is 5.26 Å². The molecule has 0 atom stereocenters. The first kappa shape index (κ1) is 24.1. The van der Waals surface area contributed by atoms with E-state index in [-0.39, 0.29) is 5.57 Å². The average Bonchev–Trinajstić information content (AvgIpc) is 2.77. The van der Waals surface area contributed by atoms with Crippen molar-refractivity contribution in [3.8, 4) is 17.6 Å². The molecule has 0 aliphatic rings. The van der Waals surface area contributed by atoms with Crippen LogP contribution in [0.5, 0.6) is 11.5 Å². The first-order chi connectivity index (χ1) is 15.4. The van der Waals surface area contributed by atoms with Gasteiger partial charge < -0.3 is 14.8 Å². The average molecular weight is 650 g/mol. The van der Waals surface area contributed by atoms with Crippen molar-refractivity contribution in [2.75, 3.05) is 12.4 Å². The molecule has 0 saturated heterocycles. The van der Waals surface area contributed by atoms with Gasteiger partial charge in [-0.2, -0.15) is 5.26 Å². The number of anilines is 1. The quantitative estimate of drug-likeness (QED) is 0.184. The summed E-state index contributed by atoms with van der Waals surface area (Å²) in [4.78, 5) is 12.6. The number of halogens is 2. The minimum absolute atomic E-state index is 0.00436. The lowest BCUT2D eigenvalue weighted by Crippen LogP contribution is -2.13. The minimum Gasteiger partial charge on any atom is -0.493 e. The SMILES string of the molecule is COc1cc(/C=C(\C#N)C(=O)Nc2cccc(I)c2)cc(I)c1OCc1ccccc1C. The van der Waals surface area contributed by atoms with Crippen molar-refractivity contribution in [3.05, 3.63) is 90.1 Å². The van der Waals surface area contributed by atoms with Crippen LogP contribution in [0.3, 0.4) is 0 Å². The zero-order chi connectivity index (χ0) is 23.1. The van der Waals surface area contributed by atoms with Gasteiger partial charge in [-0.1, -0.05) is 30.3 Å². The summed E-state index contributed by atoms with van der Waals surface area (Å²) >= 11 is 4.33. The number of amides is 1. The van der Waals surface area contributed by atoms with Gasteiger partial charge >= 0.3 is 0 Å². The maximum absolute atomic E-state index is 12.6. The van der Waals surface area contributed by atoms with E-state index >= 15 is 0 Å². The summed E-state index contributed by atoms with van der Waals surface area (Å²) in [6.45, 7) is 2.45. The van der Waals surface area contributed by atoms with E-state index in [1.807, 2.05) is 61.5 Å². The van der Waals surface area contributed by atoms with E-state index in [4.69, 9.17) is 9.47 Å². The standard InChI is InChI=1S/C25H20I2N2O3/c1-16-6-3-4-7-18(16)15-32-24-22(27)11-17(12-23(24)31-2)10-19(14-28)25(30)29-21-9-5-8-20(26)13-21/h3-13H,15H2,1-2H3,(H,29,30)/b19-10+. The zero-order valence-corrected chi connectivity index (χ0v) is 21.8. The molecule has 32 heavy (non-hydrogen) atoms. The Morgan fingerprint density at radius 2 is 1.91 bits per heavy atom. The van der Waals surface area contributed by atoms with Crippen molar-refractivity contribution in [2.45, 2.75) is 13.5 Å². The number of carbonyl (C=O) groups is 1. The van der Waals surface area contributed by atoms with Gasteiger partial charge in [0.15, 0.2) is 11.5 Å². The number of hydrogen-bond donors (Lipinski definition) is 1. The monoisotopic (exact) mass is 650 g/mol. The molecule has 0 heterocycles. The fourth-order valence-electron chi connectivity index (χ4n) is 2.97. The molecule has 1 amide bonds. The van der Waals surface area contributed by atoms with Gasteiger partial charge in [0.2, 0.25) is 0 Å². The Hall–Kier alpha value is -2.58. The van der Waals surface area contributed by atoms with Crippen LogP contribution in [0, 0.1) is 25.4 Å². The van der Waals surface area contributed by atoms with Gasteiger partial charge in [0.05, 0.1) is 10.7 Å². The molecule has 0 aromatic heterocycles. The van der Waals surface area contributed by atoms with Crippen LogP contribution in [-0.2, 0) is 11.4 Å². The van der Waals surface area contributed by atoms with Crippen LogP contribution >= 0.6 is 45.2 Å². The maximum atomic E-state index is 12.6. The van der Waals surface area contributed by atoms with E-state index in [1.165, 1.54) is 0 Å². The highest BCUT2D eigenvalue weighted by Crippen LogP contribution is 2.35. The minimum atomic E-state index is -0.469. The van der Waals surface area contributed by atoms with E-state index in [1.54, 1.807) is 25.3 Å². The summed E-state index contributed by atoms with van der Waals surface area (Å²) < 4.78 is 13.4. The Labute approximate surface area is 214 Å². The molecule has 3 rings (SSSR count). The highest BCUT2D eigenvalue weighted by atomic mass is 127. The van der Waals surface area contributed by atoms with Gasteiger partial charge in [-0.15, -0.1) is 0 Å². The van der Waals surface area contributed by atoms with E-state index < -0.39 is 5.91 Å². The van der Waals surface area contributed by atoms with Crippen LogP contribution in [0.1, 0.15) is 16.7 Å². The predicted molar refractivity (Wildman–Crippen MR) is 143 cm³/mol. The summed E-state index contributed by atoms with van der Waals surface area (Å²) in [5.41, 5.74) is 3.54. The third-order valence-corrected chi connectivity index (χ3v) is 6.12. The third kappa shape index (κ3) is 6.23. The second-order valence-electron chi connectivity index (χ2n) is 6.88. The lowest BCUT2D eigenvalue weighted by atomic mass is 10.1. The maximum Gasteiger partial charge on any atom is 0.266 e. The summed E-state index contributed by atoms with van der Waals surface area (Å²) in [6, 6.07) is 21.0. The number of nitriles is 1. The molecule has 7 heteroatoms. The van der Waals surface area contributed by atoms with Crippen LogP contribution in [-0.4, -0.2) is 13.0 Å². The van der Waals surface area contributed by atoms with E-state index in [0.717, 1.165) is 18.3 Å². The molecule has 5 nitrogen and oxygen atoms in total. The molecule has 0 aliphatic heterocycles. The Morgan fingerprint density at radius 3 is 2.59 bits per heavy atom. The van der Waals surface area contributed by atoms with Crippen molar-refractivity contribution >= 4 is 62.9 Å². The first-order valence-electron chi connectivity index (χ1n) is 9.65. The molecular formula is C25H20I2N2O3. The van der Waals surface area contributed by atoms with Crippen LogP contribution in [0.25, 0.3) is 6.08 Å². The number of nitrogens with zero attached hydrogens (tertiary/aromatic N) is 1. The predicted octanol–water partition coefficient (Wildman–Crippen LogP) is 6.34. The van der Waals surface area contributed by atoms with Gasteiger partial charge in [0.1, 0.15) is 18.2 Å². The van der Waals surface area contributed by atoms with Gasteiger partial charge in [0, 0.05) is 9.26 Å². The Kier molecular flexibility index (Phi) is 8.53. The van der Waals surface area contributed by atoms with Crippen molar-refractivity contribution < 1.29 is 14.3 Å². The van der Waals surface area contributed by atoms with Crippen LogP contribution < -0.4 is 14.8 Å². The molecule has 1 N–H and O–H groups in total. The fraction of sp³-hybridized carbons (Fsp3) is 0.120. The summed E-state index contributed by atoms with van der Waals surface area (Å²) in [5.74, 6) is 0.686. The highest BCUT2D eigenvalue weighted by Gasteiger charge is 2.14. The van der Waals surface area contributed by atoms with E-state index in [0.29, 0.717) is 29.4 Å². The third-order valence-electron chi connectivity index (χ3n) is 4.64. The Morgan fingerprint density at radius 1 is 1.12 bits per heavy atom. The number of methoxy groups -OCH3 is 1. The fourth-order valence-corrected chi connectivity index (χ4v) is 4.29. The largest absolute Gasteiger partial charge is 0.493 e. The lowest BCUT2D eigenvalue weighted by molar-refractivity contribution is -0.112. The molecule has 3 aromatic rings. The van der Waals surface area contributed by atoms with Gasteiger partial charge in [-0.05, 0) is 105 Å². The number of benzene rings is 3. The molecule has 0 radical (unpaired) electrons. The number of aryl methyl sites for hydroxylation is 1. The van der Waals surface area contributed by atoms with E-state index in [2.05, 4.69) is 50.5 Å². The van der Waals surface area contributed by atoms with Crippen LogP contribution in [0.4, 0.5) is 5.69 Å². The number of nitrogens with one attached hydrogen (secondary N) is 1. The molecular weight excluding hydrogens is 630 g/mol.